The van der Waals surface area contributed by atoms with Crippen LogP contribution in [0.1, 0.15) is 18.1 Å². The third kappa shape index (κ3) is 4.16. The van der Waals surface area contributed by atoms with Crippen LogP contribution < -0.4 is 4.74 Å². The van der Waals surface area contributed by atoms with Crippen molar-refractivity contribution in [1.82, 2.24) is 4.90 Å². The van der Waals surface area contributed by atoms with Gasteiger partial charge in [-0.1, -0.05) is 28.1 Å². The van der Waals surface area contributed by atoms with Gasteiger partial charge in [0.25, 0.3) is 11.1 Å². The van der Waals surface area contributed by atoms with E-state index < -0.39 is 0 Å². The van der Waals surface area contributed by atoms with E-state index in [2.05, 4.69) is 15.9 Å². The summed E-state index contributed by atoms with van der Waals surface area (Å²) >= 11 is 4.32. The van der Waals surface area contributed by atoms with E-state index in [9.17, 15) is 14.0 Å². The Morgan fingerprint density at radius 3 is 2.58 bits per heavy atom. The molecule has 7 heteroatoms. The van der Waals surface area contributed by atoms with Gasteiger partial charge in [-0.25, -0.2) is 4.39 Å². The number of amides is 2. The molecule has 1 heterocycles. The van der Waals surface area contributed by atoms with Crippen LogP contribution in [-0.4, -0.2) is 22.6 Å². The zero-order valence-electron chi connectivity index (χ0n) is 13.9. The fraction of sp³-hybridized carbons (Fsp3) is 0.158. The van der Waals surface area contributed by atoms with Crippen molar-refractivity contribution in [3.8, 4) is 5.75 Å². The molecule has 1 aliphatic rings. The van der Waals surface area contributed by atoms with Crippen LogP contribution in [0.3, 0.4) is 0 Å². The van der Waals surface area contributed by atoms with Crippen LogP contribution in [0.5, 0.6) is 5.75 Å². The predicted octanol–water partition coefficient (Wildman–Crippen LogP) is 5.22. The molecular formula is C19H15BrFNO3S. The Kier molecular flexibility index (Phi) is 5.78. The van der Waals surface area contributed by atoms with E-state index in [1.807, 2.05) is 12.1 Å². The van der Waals surface area contributed by atoms with Gasteiger partial charge in [-0.15, -0.1) is 0 Å². The number of thioether (sulfide) groups is 1. The van der Waals surface area contributed by atoms with Crippen molar-refractivity contribution >= 4 is 44.9 Å². The van der Waals surface area contributed by atoms with E-state index in [-0.39, 0.29) is 23.6 Å². The van der Waals surface area contributed by atoms with E-state index in [1.54, 1.807) is 31.2 Å². The summed E-state index contributed by atoms with van der Waals surface area (Å²) < 4.78 is 19.7. The minimum Gasteiger partial charge on any atom is -0.488 e. The van der Waals surface area contributed by atoms with Gasteiger partial charge in [0.15, 0.2) is 0 Å². The van der Waals surface area contributed by atoms with Gasteiger partial charge in [0.05, 0.1) is 4.91 Å². The van der Waals surface area contributed by atoms with Gasteiger partial charge >= 0.3 is 0 Å². The molecular weight excluding hydrogens is 421 g/mol. The normalized spacial score (nSPS) is 15.8. The minimum absolute atomic E-state index is 0.263. The number of hydrogen-bond acceptors (Lipinski definition) is 4. The molecule has 0 atom stereocenters. The highest BCUT2D eigenvalue weighted by molar-refractivity contribution is 9.10. The Balaban J connectivity index is 1.84. The third-order valence-electron chi connectivity index (χ3n) is 3.76. The van der Waals surface area contributed by atoms with Crippen molar-refractivity contribution in [3.05, 3.63) is 68.8 Å². The van der Waals surface area contributed by atoms with Gasteiger partial charge in [0.1, 0.15) is 18.2 Å². The van der Waals surface area contributed by atoms with Gasteiger partial charge in [-0.3, -0.25) is 14.5 Å². The maximum absolute atomic E-state index is 13.0. The molecule has 134 valence electrons. The Morgan fingerprint density at radius 1 is 1.19 bits per heavy atom. The first kappa shape index (κ1) is 18.7. The summed E-state index contributed by atoms with van der Waals surface area (Å²) in [6, 6.07) is 11.5. The molecule has 2 amide bonds. The average molecular weight is 436 g/mol. The number of hydrogen-bond donors (Lipinski definition) is 0. The first-order valence-corrected chi connectivity index (χ1v) is 9.51. The number of likely N-dealkylation sites (N-methyl/N-ethyl adjacent to an activating group) is 1. The molecule has 0 aliphatic carbocycles. The van der Waals surface area contributed by atoms with E-state index >= 15 is 0 Å². The van der Waals surface area contributed by atoms with E-state index in [4.69, 9.17) is 4.74 Å². The van der Waals surface area contributed by atoms with Gasteiger partial charge in [-0.2, -0.15) is 0 Å². The van der Waals surface area contributed by atoms with Crippen molar-refractivity contribution in [2.45, 2.75) is 13.5 Å². The molecule has 2 aromatic rings. The second-order valence-electron chi connectivity index (χ2n) is 5.52. The first-order valence-electron chi connectivity index (χ1n) is 7.90. The molecule has 3 rings (SSSR count). The Hall–Kier alpha value is -2.12. The lowest BCUT2D eigenvalue weighted by Crippen LogP contribution is -2.27. The predicted molar refractivity (Wildman–Crippen MR) is 103 cm³/mol. The fourth-order valence-electron chi connectivity index (χ4n) is 2.42. The summed E-state index contributed by atoms with van der Waals surface area (Å²) in [6.45, 7) is 2.36. The van der Waals surface area contributed by atoms with Gasteiger partial charge < -0.3 is 4.74 Å². The summed E-state index contributed by atoms with van der Waals surface area (Å²) in [7, 11) is 0. The second kappa shape index (κ2) is 8.05. The molecule has 0 spiro atoms. The third-order valence-corrected chi connectivity index (χ3v) is 5.16. The fourth-order valence-corrected chi connectivity index (χ4v) is 3.69. The summed E-state index contributed by atoms with van der Waals surface area (Å²) in [5, 5.41) is -0.271. The lowest BCUT2D eigenvalue weighted by atomic mass is 10.1. The molecule has 1 fully saturated rings. The first-order chi connectivity index (χ1) is 12.5. The molecule has 1 saturated heterocycles. The number of rotatable bonds is 5. The largest absolute Gasteiger partial charge is 0.488 e. The van der Waals surface area contributed by atoms with Crippen LogP contribution in [-0.2, 0) is 11.4 Å². The SMILES string of the molecule is CCN1C(=O)S/C(=C/c2cc(Br)ccc2OCc2ccc(F)cc2)C1=O. The Morgan fingerprint density at radius 2 is 1.92 bits per heavy atom. The topological polar surface area (TPSA) is 46.6 Å². The van der Waals surface area contributed by atoms with Crippen LogP contribution in [0.15, 0.2) is 51.8 Å². The molecule has 2 aromatic carbocycles. The number of ether oxygens (including phenoxy) is 1. The van der Waals surface area contributed by atoms with Gasteiger partial charge in [-0.05, 0) is 60.7 Å². The monoisotopic (exact) mass is 435 g/mol. The minimum atomic E-state index is -0.301. The summed E-state index contributed by atoms with van der Waals surface area (Å²) in [5.41, 5.74) is 1.51. The number of carbonyl (C=O) groups excluding carboxylic acids is 2. The quantitative estimate of drug-likeness (QED) is 0.603. The van der Waals surface area contributed by atoms with Crippen molar-refractivity contribution in [3.63, 3.8) is 0 Å². The molecule has 0 radical (unpaired) electrons. The summed E-state index contributed by atoms with van der Waals surface area (Å²) in [5.74, 6) is -0.0301. The molecule has 0 N–H and O–H groups in total. The van der Waals surface area contributed by atoms with E-state index in [0.717, 1.165) is 21.8 Å². The van der Waals surface area contributed by atoms with Gasteiger partial charge in [0, 0.05) is 16.6 Å². The molecule has 4 nitrogen and oxygen atoms in total. The number of nitrogens with zero attached hydrogens (tertiary/aromatic N) is 1. The molecule has 26 heavy (non-hydrogen) atoms. The van der Waals surface area contributed by atoms with Crippen molar-refractivity contribution in [2.24, 2.45) is 0 Å². The highest BCUT2D eigenvalue weighted by Gasteiger charge is 2.33. The zero-order valence-corrected chi connectivity index (χ0v) is 16.3. The lowest BCUT2D eigenvalue weighted by molar-refractivity contribution is -0.122. The summed E-state index contributed by atoms with van der Waals surface area (Å²) in [6.07, 6.45) is 1.66. The van der Waals surface area contributed by atoms with Crippen LogP contribution >= 0.6 is 27.7 Å². The van der Waals surface area contributed by atoms with Gasteiger partial charge in [0.2, 0.25) is 0 Å². The Bertz CT molecular complexity index is 883. The standard InChI is InChI=1S/C19H15BrFNO3S/c1-2-22-18(23)17(26-19(22)24)10-13-9-14(20)5-8-16(13)25-11-12-3-6-15(21)7-4-12/h3-10H,2,11H2,1H3/b17-10+. The maximum atomic E-state index is 13.0. The maximum Gasteiger partial charge on any atom is 0.293 e. The van der Waals surface area contributed by atoms with Crippen LogP contribution in [0, 0.1) is 5.82 Å². The average Bonchev–Trinajstić information content (AvgIpc) is 2.88. The van der Waals surface area contributed by atoms with Crippen molar-refractivity contribution in [2.75, 3.05) is 6.54 Å². The van der Waals surface area contributed by atoms with Crippen molar-refractivity contribution in [1.29, 1.82) is 0 Å². The zero-order chi connectivity index (χ0) is 18.7. The number of carbonyl (C=O) groups is 2. The molecule has 0 aromatic heterocycles. The molecule has 1 aliphatic heterocycles. The van der Waals surface area contributed by atoms with Crippen LogP contribution in [0.4, 0.5) is 9.18 Å². The molecule has 0 bridgehead atoms. The number of benzene rings is 2. The lowest BCUT2D eigenvalue weighted by Gasteiger charge is -2.11. The number of halogens is 2. The van der Waals surface area contributed by atoms with Crippen molar-refractivity contribution < 1.29 is 18.7 Å². The number of imide groups is 1. The van der Waals surface area contributed by atoms with Crippen LogP contribution in [0.25, 0.3) is 6.08 Å². The molecule has 0 unspecified atom stereocenters. The summed E-state index contributed by atoms with van der Waals surface area (Å²) in [4.78, 5) is 25.7. The van der Waals surface area contributed by atoms with Crippen LogP contribution in [0.2, 0.25) is 0 Å². The van der Waals surface area contributed by atoms with E-state index in [1.165, 1.54) is 17.0 Å². The molecule has 0 saturated carbocycles. The second-order valence-corrected chi connectivity index (χ2v) is 7.43. The highest BCUT2D eigenvalue weighted by atomic mass is 79.9. The Labute approximate surface area is 163 Å². The van der Waals surface area contributed by atoms with E-state index in [0.29, 0.717) is 22.8 Å². The smallest absolute Gasteiger partial charge is 0.293 e. The highest BCUT2D eigenvalue weighted by Crippen LogP contribution is 2.34.